The fraction of sp³-hybridized carbons (Fsp3) is 0.538. The van der Waals surface area contributed by atoms with Crippen molar-refractivity contribution < 1.29 is 0 Å². The summed E-state index contributed by atoms with van der Waals surface area (Å²) in [5.74, 6) is 0. The highest BCUT2D eigenvalue weighted by molar-refractivity contribution is 8.00. The normalized spacial score (nSPS) is 18.6. The third kappa shape index (κ3) is 2.21. The van der Waals surface area contributed by atoms with Crippen LogP contribution in [0.25, 0.3) is 0 Å². The minimum absolute atomic E-state index is 0.346. The first-order valence-corrected chi connectivity index (χ1v) is 6.43. The molecule has 0 atom stereocenters. The fourth-order valence-corrected chi connectivity index (χ4v) is 3.49. The van der Waals surface area contributed by atoms with Gasteiger partial charge in [0, 0.05) is 16.2 Å². The van der Waals surface area contributed by atoms with Gasteiger partial charge in [0.2, 0.25) is 0 Å². The van der Waals surface area contributed by atoms with Gasteiger partial charge in [0.1, 0.15) is 0 Å². The van der Waals surface area contributed by atoms with Gasteiger partial charge in [0.25, 0.3) is 0 Å². The Hall–Kier alpha value is -0.470. The van der Waals surface area contributed by atoms with Crippen molar-refractivity contribution >= 4 is 11.8 Å². The smallest absolute Gasteiger partial charge is 0.0329 e. The van der Waals surface area contributed by atoms with Gasteiger partial charge >= 0.3 is 0 Å². The molecule has 0 heterocycles. The molecule has 1 fully saturated rings. The van der Waals surface area contributed by atoms with E-state index in [4.69, 9.17) is 5.73 Å². The van der Waals surface area contributed by atoms with Gasteiger partial charge in [0.15, 0.2) is 0 Å². The molecule has 1 aliphatic carbocycles. The number of aryl methyl sites for hydroxylation is 2. The van der Waals surface area contributed by atoms with Gasteiger partial charge in [-0.25, -0.2) is 0 Å². The van der Waals surface area contributed by atoms with E-state index >= 15 is 0 Å². The molecule has 0 unspecified atom stereocenters. The molecular formula is C13H19NS. The van der Waals surface area contributed by atoms with E-state index in [0.717, 1.165) is 6.54 Å². The molecule has 1 saturated carbocycles. The lowest BCUT2D eigenvalue weighted by Gasteiger charge is -2.40. The van der Waals surface area contributed by atoms with Crippen LogP contribution in [-0.4, -0.2) is 11.3 Å². The summed E-state index contributed by atoms with van der Waals surface area (Å²) in [6.07, 6.45) is 3.90. The highest BCUT2D eigenvalue weighted by Gasteiger charge is 2.36. The predicted molar refractivity (Wildman–Crippen MR) is 67.4 cm³/mol. The Kier molecular flexibility index (Phi) is 3.08. The second kappa shape index (κ2) is 4.18. The van der Waals surface area contributed by atoms with E-state index in [1.165, 1.54) is 35.3 Å². The fourth-order valence-electron chi connectivity index (χ4n) is 1.97. The van der Waals surface area contributed by atoms with Gasteiger partial charge in [-0.05, 0) is 38.3 Å². The van der Waals surface area contributed by atoms with E-state index in [9.17, 15) is 0 Å². The molecule has 1 aliphatic rings. The molecule has 1 aromatic carbocycles. The Morgan fingerprint density at radius 3 is 2.60 bits per heavy atom. The third-order valence-corrected chi connectivity index (χ3v) is 4.97. The maximum Gasteiger partial charge on any atom is 0.0329 e. The van der Waals surface area contributed by atoms with Crippen LogP contribution in [0, 0.1) is 13.8 Å². The Labute approximate surface area is 96.4 Å². The van der Waals surface area contributed by atoms with Gasteiger partial charge in [0.05, 0.1) is 0 Å². The van der Waals surface area contributed by atoms with Crippen LogP contribution in [0.15, 0.2) is 23.1 Å². The molecule has 1 nitrogen and oxygen atoms in total. The number of benzene rings is 1. The van der Waals surface area contributed by atoms with Crippen LogP contribution in [0.4, 0.5) is 0 Å². The first-order chi connectivity index (χ1) is 7.15. The monoisotopic (exact) mass is 221 g/mol. The summed E-state index contributed by atoms with van der Waals surface area (Å²) < 4.78 is 0.346. The van der Waals surface area contributed by atoms with Gasteiger partial charge in [-0.1, -0.05) is 24.1 Å². The van der Waals surface area contributed by atoms with Crippen molar-refractivity contribution in [2.24, 2.45) is 5.73 Å². The van der Waals surface area contributed by atoms with E-state index < -0.39 is 0 Å². The van der Waals surface area contributed by atoms with Crippen LogP contribution in [0.1, 0.15) is 30.4 Å². The quantitative estimate of drug-likeness (QED) is 0.847. The molecule has 0 amide bonds. The van der Waals surface area contributed by atoms with Crippen molar-refractivity contribution in [3.05, 3.63) is 29.3 Å². The lowest BCUT2D eigenvalue weighted by Crippen LogP contribution is -2.41. The average Bonchev–Trinajstić information content (AvgIpc) is 2.17. The van der Waals surface area contributed by atoms with Crippen LogP contribution in [0.5, 0.6) is 0 Å². The summed E-state index contributed by atoms with van der Waals surface area (Å²) in [5.41, 5.74) is 8.61. The molecule has 0 spiro atoms. The highest BCUT2D eigenvalue weighted by atomic mass is 32.2. The molecule has 2 rings (SSSR count). The topological polar surface area (TPSA) is 26.0 Å². The van der Waals surface area contributed by atoms with E-state index in [1.807, 2.05) is 11.8 Å². The van der Waals surface area contributed by atoms with Gasteiger partial charge in [-0.15, -0.1) is 11.8 Å². The Morgan fingerprint density at radius 1 is 1.33 bits per heavy atom. The lowest BCUT2D eigenvalue weighted by atomic mass is 9.84. The second-order valence-electron chi connectivity index (χ2n) is 4.61. The summed E-state index contributed by atoms with van der Waals surface area (Å²) in [5, 5.41) is 0. The number of hydrogen-bond donors (Lipinski definition) is 1. The van der Waals surface area contributed by atoms with Crippen molar-refractivity contribution in [3.63, 3.8) is 0 Å². The minimum atomic E-state index is 0.346. The van der Waals surface area contributed by atoms with Gasteiger partial charge < -0.3 is 5.73 Å². The van der Waals surface area contributed by atoms with E-state index in [1.54, 1.807) is 0 Å². The van der Waals surface area contributed by atoms with Crippen molar-refractivity contribution in [1.29, 1.82) is 0 Å². The predicted octanol–water partition coefficient (Wildman–Crippen LogP) is 3.28. The maximum absolute atomic E-state index is 5.88. The summed E-state index contributed by atoms with van der Waals surface area (Å²) >= 11 is 1.99. The molecular weight excluding hydrogens is 202 g/mol. The van der Waals surface area contributed by atoms with Crippen molar-refractivity contribution in [1.82, 2.24) is 0 Å². The molecule has 0 saturated heterocycles. The minimum Gasteiger partial charge on any atom is -0.329 e. The number of rotatable bonds is 3. The highest BCUT2D eigenvalue weighted by Crippen LogP contribution is 2.47. The summed E-state index contributed by atoms with van der Waals surface area (Å²) in [6.45, 7) is 5.15. The molecule has 2 heteroatoms. The number of hydrogen-bond acceptors (Lipinski definition) is 2. The molecule has 0 radical (unpaired) electrons. The van der Waals surface area contributed by atoms with Crippen molar-refractivity contribution in [2.45, 2.75) is 42.8 Å². The van der Waals surface area contributed by atoms with E-state index in [-0.39, 0.29) is 0 Å². The van der Waals surface area contributed by atoms with Crippen molar-refractivity contribution in [2.75, 3.05) is 6.54 Å². The summed E-state index contributed by atoms with van der Waals surface area (Å²) in [7, 11) is 0. The zero-order valence-electron chi connectivity index (χ0n) is 9.55. The molecule has 1 aromatic rings. The molecule has 2 N–H and O–H groups in total. The van der Waals surface area contributed by atoms with Crippen LogP contribution in [0.3, 0.4) is 0 Å². The molecule has 82 valence electrons. The average molecular weight is 221 g/mol. The van der Waals surface area contributed by atoms with Gasteiger partial charge in [-0.2, -0.15) is 0 Å². The van der Waals surface area contributed by atoms with Crippen molar-refractivity contribution in [3.8, 4) is 0 Å². The molecule has 0 aromatic heterocycles. The molecule has 15 heavy (non-hydrogen) atoms. The summed E-state index contributed by atoms with van der Waals surface area (Å²) in [4.78, 5) is 1.42. The van der Waals surface area contributed by atoms with Crippen LogP contribution in [0.2, 0.25) is 0 Å². The van der Waals surface area contributed by atoms with Crippen LogP contribution in [-0.2, 0) is 0 Å². The first-order valence-electron chi connectivity index (χ1n) is 5.62. The van der Waals surface area contributed by atoms with Crippen LogP contribution < -0.4 is 5.73 Å². The van der Waals surface area contributed by atoms with Gasteiger partial charge in [-0.3, -0.25) is 0 Å². The molecule has 0 aliphatic heterocycles. The summed E-state index contributed by atoms with van der Waals surface area (Å²) in [6, 6.07) is 6.67. The maximum atomic E-state index is 5.88. The lowest BCUT2D eigenvalue weighted by molar-refractivity contribution is 0.371. The standard InChI is InChI=1S/C13H19NS/c1-10-4-5-11(2)12(8-10)15-13(9-14)6-3-7-13/h4-5,8H,3,6-7,9,14H2,1-2H3. The largest absolute Gasteiger partial charge is 0.329 e. The Bertz CT molecular complexity index is 350. The zero-order valence-corrected chi connectivity index (χ0v) is 10.4. The number of nitrogens with two attached hydrogens (primary N) is 1. The third-order valence-electron chi connectivity index (χ3n) is 3.31. The Morgan fingerprint density at radius 2 is 2.07 bits per heavy atom. The molecule has 0 bridgehead atoms. The Balaban J connectivity index is 2.19. The van der Waals surface area contributed by atoms with E-state index in [0.29, 0.717) is 4.75 Å². The van der Waals surface area contributed by atoms with Crippen LogP contribution >= 0.6 is 11.8 Å². The zero-order chi connectivity index (χ0) is 10.9. The first kappa shape index (κ1) is 11.0. The SMILES string of the molecule is Cc1ccc(C)c(SC2(CN)CCC2)c1. The number of thioether (sulfide) groups is 1. The van der Waals surface area contributed by atoms with E-state index in [2.05, 4.69) is 32.0 Å². The second-order valence-corrected chi connectivity index (χ2v) is 6.12.